The number of nitrogens with zero attached hydrogens (tertiary/aromatic N) is 1. The lowest BCUT2D eigenvalue weighted by Crippen LogP contribution is -2.44. The molecule has 18 heavy (non-hydrogen) atoms. The van der Waals surface area contributed by atoms with E-state index in [0.717, 1.165) is 6.42 Å². The van der Waals surface area contributed by atoms with Crippen molar-refractivity contribution in [1.82, 2.24) is 9.97 Å². The van der Waals surface area contributed by atoms with E-state index in [9.17, 15) is 9.59 Å². The van der Waals surface area contributed by atoms with Gasteiger partial charge in [0.1, 0.15) is 15.8 Å². The Hall–Kier alpha value is -1.37. The van der Waals surface area contributed by atoms with E-state index in [2.05, 4.69) is 31.2 Å². The molecular weight excluding hydrogens is 302 g/mol. The molecule has 0 saturated heterocycles. The normalized spacial score (nSPS) is 13.8. The maximum Gasteiger partial charge on any atom is 0.331 e. The largest absolute Gasteiger partial charge is 0.467 e. The highest BCUT2D eigenvalue weighted by Gasteiger charge is 2.34. The zero-order chi connectivity index (χ0) is 13.8. The predicted molar refractivity (Wildman–Crippen MR) is 71.5 cm³/mol. The fourth-order valence-electron chi connectivity index (χ4n) is 1.67. The molecule has 0 saturated carbocycles. The van der Waals surface area contributed by atoms with Crippen LogP contribution in [0.1, 0.15) is 26.7 Å². The first-order valence-electron chi connectivity index (χ1n) is 5.54. The van der Waals surface area contributed by atoms with Gasteiger partial charge in [-0.15, -0.1) is 0 Å². The first-order valence-corrected chi connectivity index (χ1v) is 6.33. The van der Waals surface area contributed by atoms with Gasteiger partial charge in [0, 0.05) is 0 Å². The summed E-state index contributed by atoms with van der Waals surface area (Å²) in [4.78, 5) is 29.7. The third kappa shape index (κ3) is 3.10. The fourth-order valence-corrected chi connectivity index (χ4v) is 1.99. The molecule has 100 valence electrons. The van der Waals surface area contributed by atoms with E-state index < -0.39 is 11.5 Å². The maximum absolute atomic E-state index is 11.8. The van der Waals surface area contributed by atoms with E-state index in [4.69, 9.17) is 4.74 Å². The summed E-state index contributed by atoms with van der Waals surface area (Å²) in [6.07, 6.45) is 2.64. The molecule has 7 heteroatoms. The SMILES string of the molecule is CCCC(C)(Nc1nc[nH]c(=O)c1Br)C(=O)OC. The summed E-state index contributed by atoms with van der Waals surface area (Å²) in [7, 11) is 1.33. The lowest BCUT2D eigenvalue weighted by atomic mass is 9.96. The van der Waals surface area contributed by atoms with Gasteiger partial charge in [-0.25, -0.2) is 9.78 Å². The van der Waals surface area contributed by atoms with E-state index in [1.165, 1.54) is 13.4 Å². The molecule has 0 amide bonds. The molecule has 0 spiro atoms. The summed E-state index contributed by atoms with van der Waals surface area (Å²) < 4.78 is 5.04. The number of hydrogen-bond acceptors (Lipinski definition) is 5. The zero-order valence-corrected chi connectivity index (χ0v) is 12.1. The van der Waals surface area contributed by atoms with Crippen LogP contribution < -0.4 is 10.9 Å². The van der Waals surface area contributed by atoms with Crippen LogP contribution in [0.4, 0.5) is 5.82 Å². The van der Waals surface area contributed by atoms with Crippen molar-refractivity contribution in [2.75, 3.05) is 12.4 Å². The molecule has 2 N–H and O–H groups in total. The van der Waals surface area contributed by atoms with Gasteiger partial charge < -0.3 is 15.0 Å². The van der Waals surface area contributed by atoms with Crippen LogP contribution in [0, 0.1) is 0 Å². The highest BCUT2D eigenvalue weighted by Crippen LogP contribution is 2.23. The van der Waals surface area contributed by atoms with Crippen molar-refractivity contribution in [3.8, 4) is 0 Å². The molecule has 0 radical (unpaired) electrons. The van der Waals surface area contributed by atoms with Gasteiger partial charge in [-0.05, 0) is 29.3 Å². The lowest BCUT2D eigenvalue weighted by Gasteiger charge is -2.28. The molecule has 0 aliphatic rings. The molecule has 1 heterocycles. The van der Waals surface area contributed by atoms with Crippen molar-refractivity contribution in [1.29, 1.82) is 0 Å². The molecule has 0 bridgehead atoms. The highest BCUT2D eigenvalue weighted by atomic mass is 79.9. The van der Waals surface area contributed by atoms with Crippen LogP contribution in [0.2, 0.25) is 0 Å². The Kier molecular flexibility index (Phi) is 4.89. The summed E-state index contributed by atoms with van der Waals surface area (Å²) in [5.41, 5.74) is -1.22. The molecule has 6 nitrogen and oxygen atoms in total. The second kappa shape index (κ2) is 5.99. The van der Waals surface area contributed by atoms with Crippen molar-refractivity contribution in [3.63, 3.8) is 0 Å². The van der Waals surface area contributed by atoms with E-state index in [-0.39, 0.29) is 10.0 Å². The van der Waals surface area contributed by atoms with Crippen molar-refractivity contribution < 1.29 is 9.53 Å². The maximum atomic E-state index is 11.8. The number of H-pyrrole nitrogens is 1. The molecule has 1 atom stereocenters. The third-order valence-electron chi connectivity index (χ3n) is 2.58. The Balaban J connectivity index is 3.07. The van der Waals surface area contributed by atoms with E-state index in [0.29, 0.717) is 12.2 Å². The third-order valence-corrected chi connectivity index (χ3v) is 3.31. The van der Waals surface area contributed by atoms with Gasteiger partial charge in [-0.2, -0.15) is 0 Å². The van der Waals surface area contributed by atoms with Gasteiger partial charge >= 0.3 is 5.97 Å². The smallest absolute Gasteiger partial charge is 0.331 e. The van der Waals surface area contributed by atoms with Crippen LogP contribution >= 0.6 is 15.9 Å². The molecule has 0 aromatic carbocycles. The number of nitrogens with one attached hydrogen (secondary N) is 2. The Morgan fingerprint density at radius 2 is 2.33 bits per heavy atom. The number of carbonyl (C=O) groups is 1. The summed E-state index contributed by atoms with van der Waals surface area (Å²) in [6, 6.07) is 0. The summed E-state index contributed by atoms with van der Waals surface area (Å²) in [5, 5.41) is 2.96. The monoisotopic (exact) mass is 317 g/mol. The standard InChI is InChI=1S/C11H16BrN3O3/c1-4-5-11(2,10(17)18-3)15-8-7(12)9(16)14-6-13-8/h6H,4-5H2,1-3H3,(H2,13,14,15,16). The number of aromatic amines is 1. The minimum absolute atomic E-state index is 0.260. The fraction of sp³-hybridized carbons (Fsp3) is 0.545. The van der Waals surface area contributed by atoms with Gasteiger partial charge in [0.25, 0.3) is 5.56 Å². The average Bonchev–Trinajstić information content (AvgIpc) is 2.34. The van der Waals surface area contributed by atoms with Crippen LogP contribution in [0.25, 0.3) is 0 Å². The molecule has 0 fully saturated rings. The van der Waals surface area contributed by atoms with Gasteiger partial charge in [0.15, 0.2) is 0 Å². The Bertz CT molecular complexity index is 489. The molecule has 1 aromatic rings. The highest BCUT2D eigenvalue weighted by molar-refractivity contribution is 9.10. The summed E-state index contributed by atoms with van der Waals surface area (Å²) >= 11 is 3.13. The van der Waals surface area contributed by atoms with Gasteiger partial charge in [-0.1, -0.05) is 13.3 Å². The van der Waals surface area contributed by atoms with Crippen molar-refractivity contribution >= 4 is 27.7 Å². The van der Waals surface area contributed by atoms with Crippen LogP contribution in [-0.2, 0) is 9.53 Å². The topological polar surface area (TPSA) is 84.1 Å². The van der Waals surface area contributed by atoms with Crippen LogP contribution in [0.5, 0.6) is 0 Å². The predicted octanol–water partition coefficient (Wildman–Crippen LogP) is 1.68. The number of esters is 1. The summed E-state index contributed by atoms with van der Waals surface area (Å²) in [5.74, 6) is -0.0709. The molecule has 1 rings (SSSR count). The molecule has 0 aliphatic heterocycles. The number of rotatable bonds is 5. The van der Waals surface area contributed by atoms with Crippen molar-refractivity contribution in [3.05, 3.63) is 21.2 Å². The van der Waals surface area contributed by atoms with E-state index in [1.54, 1.807) is 6.92 Å². The number of methoxy groups -OCH3 is 1. The van der Waals surface area contributed by atoms with Gasteiger partial charge in [0.05, 0.1) is 13.4 Å². The molecule has 1 aromatic heterocycles. The number of ether oxygens (including phenoxy) is 1. The zero-order valence-electron chi connectivity index (χ0n) is 10.5. The molecule has 1 unspecified atom stereocenters. The minimum atomic E-state index is -0.910. The Morgan fingerprint density at radius 1 is 1.67 bits per heavy atom. The van der Waals surface area contributed by atoms with Crippen LogP contribution in [0.3, 0.4) is 0 Å². The van der Waals surface area contributed by atoms with Crippen molar-refractivity contribution in [2.45, 2.75) is 32.2 Å². The lowest BCUT2D eigenvalue weighted by molar-refractivity contribution is -0.145. The average molecular weight is 318 g/mol. The first-order chi connectivity index (χ1) is 8.44. The Morgan fingerprint density at radius 3 is 2.89 bits per heavy atom. The number of aromatic nitrogens is 2. The van der Waals surface area contributed by atoms with Gasteiger partial charge in [0.2, 0.25) is 0 Å². The minimum Gasteiger partial charge on any atom is -0.467 e. The second-order valence-electron chi connectivity index (χ2n) is 4.09. The quantitative estimate of drug-likeness (QED) is 0.807. The van der Waals surface area contributed by atoms with E-state index >= 15 is 0 Å². The number of hydrogen-bond donors (Lipinski definition) is 2. The molecule has 0 aliphatic carbocycles. The molecular formula is C11H16BrN3O3. The van der Waals surface area contributed by atoms with E-state index in [1.807, 2.05) is 6.92 Å². The summed E-state index contributed by atoms with van der Waals surface area (Å²) in [6.45, 7) is 3.68. The second-order valence-corrected chi connectivity index (χ2v) is 4.89. The van der Waals surface area contributed by atoms with Crippen LogP contribution in [-0.4, -0.2) is 28.6 Å². The van der Waals surface area contributed by atoms with Crippen LogP contribution in [0.15, 0.2) is 15.6 Å². The first kappa shape index (κ1) is 14.7. The Labute approximate surface area is 113 Å². The number of anilines is 1. The van der Waals surface area contributed by atoms with Gasteiger partial charge in [-0.3, -0.25) is 4.79 Å². The number of carbonyl (C=O) groups excluding carboxylic acids is 1. The number of halogens is 1. The van der Waals surface area contributed by atoms with Crippen molar-refractivity contribution in [2.24, 2.45) is 0 Å².